The van der Waals surface area contributed by atoms with E-state index < -0.39 is 0 Å². The topological polar surface area (TPSA) is 46.3 Å². The SMILES string of the molecule is O=C(c1csc(-c2cocn2)c1)N1CCCCC1c1ccc(F)cc1. The highest BCUT2D eigenvalue weighted by molar-refractivity contribution is 7.13. The smallest absolute Gasteiger partial charge is 0.255 e. The lowest BCUT2D eigenvalue weighted by atomic mass is 9.94. The van der Waals surface area contributed by atoms with E-state index in [0.29, 0.717) is 5.56 Å². The Labute approximate surface area is 148 Å². The molecule has 128 valence electrons. The number of oxazole rings is 1. The van der Waals surface area contributed by atoms with Gasteiger partial charge in [-0.15, -0.1) is 11.3 Å². The number of amides is 1. The van der Waals surface area contributed by atoms with Crippen LogP contribution in [0, 0.1) is 5.82 Å². The Morgan fingerprint density at radius 1 is 1.28 bits per heavy atom. The third-order valence-electron chi connectivity index (χ3n) is 4.55. The molecule has 1 fully saturated rings. The molecule has 1 amide bonds. The first kappa shape index (κ1) is 16.0. The number of nitrogens with zero attached hydrogens (tertiary/aromatic N) is 2. The molecule has 4 nitrogen and oxygen atoms in total. The van der Waals surface area contributed by atoms with Gasteiger partial charge in [0.05, 0.1) is 16.5 Å². The van der Waals surface area contributed by atoms with Crippen molar-refractivity contribution in [3.05, 3.63) is 65.3 Å². The number of benzene rings is 1. The fraction of sp³-hybridized carbons (Fsp3) is 0.263. The summed E-state index contributed by atoms with van der Waals surface area (Å²) in [6.07, 6.45) is 5.91. The zero-order chi connectivity index (χ0) is 17.2. The van der Waals surface area contributed by atoms with Crippen molar-refractivity contribution in [2.75, 3.05) is 6.54 Å². The summed E-state index contributed by atoms with van der Waals surface area (Å²) in [7, 11) is 0. The first-order valence-electron chi connectivity index (χ1n) is 8.26. The minimum atomic E-state index is -0.257. The van der Waals surface area contributed by atoms with E-state index >= 15 is 0 Å². The van der Waals surface area contributed by atoms with E-state index in [2.05, 4.69) is 4.98 Å². The van der Waals surface area contributed by atoms with Gasteiger partial charge in [-0.2, -0.15) is 0 Å². The molecule has 1 unspecified atom stereocenters. The predicted octanol–water partition coefficient (Wildman–Crippen LogP) is 4.91. The maximum absolute atomic E-state index is 13.2. The highest BCUT2D eigenvalue weighted by atomic mass is 32.1. The van der Waals surface area contributed by atoms with Gasteiger partial charge in [-0.3, -0.25) is 4.79 Å². The number of carbonyl (C=O) groups is 1. The fourth-order valence-electron chi connectivity index (χ4n) is 3.29. The number of rotatable bonds is 3. The minimum absolute atomic E-state index is 0.00255. The molecule has 3 heterocycles. The number of hydrogen-bond donors (Lipinski definition) is 0. The van der Waals surface area contributed by atoms with Crippen LogP contribution in [0.2, 0.25) is 0 Å². The van der Waals surface area contributed by atoms with Gasteiger partial charge in [0.15, 0.2) is 6.39 Å². The number of halogens is 1. The molecule has 4 rings (SSSR count). The summed E-state index contributed by atoms with van der Waals surface area (Å²) in [5.74, 6) is -0.243. The summed E-state index contributed by atoms with van der Waals surface area (Å²) in [6, 6.07) is 8.33. The monoisotopic (exact) mass is 356 g/mol. The predicted molar refractivity (Wildman–Crippen MR) is 93.8 cm³/mol. The first-order valence-corrected chi connectivity index (χ1v) is 9.14. The molecule has 2 aromatic heterocycles. The molecule has 1 aliphatic heterocycles. The van der Waals surface area contributed by atoms with Gasteiger partial charge < -0.3 is 9.32 Å². The molecule has 1 atom stereocenters. The second-order valence-electron chi connectivity index (χ2n) is 6.13. The van der Waals surface area contributed by atoms with Crippen LogP contribution in [0.1, 0.15) is 41.2 Å². The highest BCUT2D eigenvalue weighted by Gasteiger charge is 2.29. The van der Waals surface area contributed by atoms with Crippen molar-refractivity contribution in [3.8, 4) is 10.6 Å². The standard InChI is InChI=1S/C19H17FN2O2S/c20-15-6-4-13(5-7-15)17-3-1-2-8-22(17)19(23)14-9-18(25-11-14)16-10-24-12-21-16/h4-7,9-12,17H,1-3,8H2. The van der Waals surface area contributed by atoms with Crippen LogP contribution in [0.15, 0.2) is 52.8 Å². The maximum atomic E-state index is 13.2. The molecule has 0 N–H and O–H groups in total. The van der Waals surface area contributed by atoms with Gasteiger partial charge in [0.2, 0.25) is 0 Å². The number of carbonyl (C=O) groups excluding carboxylic acids is 1. The Morgan fingerprint density at radius 3 is 2.88 bits per heavy atom. The Kier molecular flexibility index (Phi) is 4.36. The van der Waals surface area contributed by atoms with Crippen LogP contribution in [-0.2, 0) is 0 Å². The molecule has 1 saturated heterocycles. The number of likely N-dealkylation sites (tertiary alicyclic amines) is 1. The van der Waals surface area contributed by atoms with Gasteiger partial charge in [-0.25, -0.2) is 9.37 Å². The van der Waals surface area contributed by atoms with E-state index in [4.69, 9.17) is 4.42 Å². The average molecular weight is 356 g/mol. The molecule has 0 aliphatic carbocycles. The molecular weight excluding hydrogens is 339 g/mol. The summed E-state index contributed by atoms with van der Waals surface area (Å²) in [5, 5.41) is 1.86. The summed E-state index contributed by atoms with van der Waals surface area (Å²) in [6.45, 7) is 0.718. The maximum Gasteiger partial charge on any atom is 0.255 e. The van der Waals surface area contributed by atoms with Crippen molar-refractivity contribution < 1.29 is 13.6 Å². The molecular formula is C19H17FN2O2S. The van der Waals surface area contributed by atoms with E-state index in [1.54, 1.807) is 18.4 Å². The molecule has 1 aromatic carbocycles. The lowest BCUT2D eigenvalue weighted by molar-refractivity contribution is 0.0612. The molecule has 0 saturated carbocycles. The number of piperidine rings is 1. The molecule has 6 heteroatoms. The summed E-state index contributed by atoms with van der Waals surface area (Å²) in [4.78, 5) is 20.0. The third-order valence-corrected chi connectivity index (χ3v) is 5.50. The molecule has 0 bridgehead atoms. The van der Waals surface area contributed by atoms with Gasteiger partial charge >= 0.3 is 0 Å². The van der Waals surface area contributed by atoms with Crippen LogP contribution in [0.25, 0.3) is 10.6 Å². The molecule has 0 radical (unpaired) electrons. The summed E-state index contributed by atoms with van der Waals surface area (Å²) < 4.78 is 18.2. The quantitative estimate of drug-likeness (QED) is 0.670. The second kappa shape index (κ2) is 6.80. The summed E-state index contributed by atoms with van der Waals surface area (Å²) >= 11 is 1.48. The normalized spacial score (nSPS) is 17.6. The van der Waals surface area contributed by atoms with Gasteiger partial charge in [0.1, 0.15) is 17.8 Å². The van der Waals surface area contributed by atoms with Crippen LogP contribution in [-0.4, -0.2) is 22.3 Å². The van der Waals surface area contributed by atoms with Crippen molar-refractivity contribution in [1.82, 2.24) is 9.88 Å². The van der Waals surface area contributed by atoms with Crippen LogP contribution in [0.3, 0.4) is 0 Å². The number of thiophene rings is 1. The number of hydrogen-bond acceptors (Lipinski definition) is 4. The fourth-order valence-corrected chi connectivity index (χ4v) is 4.13. The van der Waals surface area contributed by atoms with Crippen LogP contribution in [0.4, 0.5) is 4.39 Å². The largest absolute Gasteiger partial charge is 0.451 e. The molecule has 0 spiro atoms. The minimum Gasteiger partial charge on any atom is -0.451 e. The summed E-state index contributed by atoms with van der Waals surface area (Å²) in [5.41, 5.74) is 2.39. The van der Waals surface area contributed by atoms with Crippen molar-refractivity contribution in [1.29, 1.82) is 0 Å². The van der Waals surface area contributed by atoms with Crippen LogP contribution >= 0.6 is 11.3 Å². The Morgan fingerprint density at radius 2 is 2.12 bits per heavy atom. The zero-order valence-electron chi connectivity index (χ0n) is 13.5. The van der Waals surface area contributed by atoms with E-state index in [-0.39, 0.29) is 17.8 Å². The van der Waals surface area contributed by atoms with Crippen molar-refractivity contribution in [2.24, 2.45) is 0 Å². The molecule has 25 heavy (non-hydrogen) atoms. The van der Waals surface area contributed by atoms with Crippen molar-refractivity contribution in [2.45, 2.75) is 25.3 Å². The van der Waals surface area contributed by atoms with Crippen LogP contribution in [0.5, 0.6) is 0 Å². The molecule has 3 aromatic rings. The average Bonchev–Trinajstić information content (AvgIpc) is 3.33. The van der Waals surface area contributed by atoms with E-state index in [9.17, 15) is 9.18 Å². The second-order valence-corrected chi connectivity index (χ2v) is 7.05. The van der Waals surface area contributed by atoms with Crippen molar-refractivity contribution in [3.63, 3.8) is 0 Å². The van der Waals surface area contributed by atoms with Crippen LogP contribution < -0.4 is 0 Å². The third kappa shape index (κ3) is 3.22. The highest BCUT2D eigenvalue weighted by Crippen LogP contribution is 2.34. The molecule has 1 aliphatic rings. The van der Waals surface area contributed by atoms with E-state index in [0.717, 1.165) is 41.9 Å². The lowest BCUT2D eigenvalue weighted by Gasteiger charge is -2.36. The Hall–Kier alpha value is -2.47. The Bertz CT molecular complexity index is 858. The van der Waals surface area contributed by atoms with Gasteiger partial charge in [-0.1, -0.05) is 12.1 Å². The van der Waals surface area contributed by atoms with Gasteiger partial charge in [0.25, 0.3) is 5.91 Å². The number of aromatic nitrogens is 1. The van der Waals surface area contributed by atoms with E-state index in [1.807, 2.05) is 16.3 Å². The van der Waals surface area contributed by atoms with Gasteiger partial charge in [0, 0.05) is 11.9 Å². The zero-order valence-corrected chi connectivity index (χ0v) is 14.3. The van der Waals surface area contributed by atoms with E-state index in [1.165, 1.54) is 29.9 Å². The van der Waals surface area contributed by atoms with Crippen molar-refractivity contribution >= 4 is 17.2 Å². The Balaban J connectivity index is 1.60. The first-order chi connectivity index (χ1) is 12.2. The van der Waals surface area contributed by atoms with Gasteiger partial charge in [-0.05, 0) is 43.0 Å². The lowest BCUT2D eigenvalue weighted by Crippen LogP contribution is -2.38.